The number of ether oxygens (including phenoxy) is 1. The van der Waals surface area contributed by atoms with Crippen LogP contribution in [-0.2, 0) is 4.74 Å². The summed E-state index contributed by atoms with van der Waals surface area (Å²) in [5, 5.41) is 17.9. The number of benzene rings is 1. The number of aliphatic hydroxyl groups excluding tert-OH is 1. The molecule has 1 aliphatic heterocycles. The molecule has 1 atom stereocenters. The molecule has 0 radical (unpaired) electrons. The lowest BCUT2D eigenvalue weighted by Crippen LogP contribution is -2.52. The Kier molecular flexibility index (Phi) is 11.4. The van der Waals surface area contributed by atoms with Crippen LogP contribution in [0.25, 0.3) is 0 Å². The Morgan fingerprint density at radius 3 is 2.36 bits per heavy atom. The fraction of sp³-hybridized carbons (Fsp3) is 0.632. The van der Waals surface area contributed by atoms with Gasteiger partial charge in [-0.05, 0) is 57.6 Å². The molecule has 28 heavy (non-hydrogen) atoms. The molecule has 9 heteroatoms. The van der Waals surface area contributed by atoms with Gasteiger partial charge in [-0.2, -0.15) is 0 Å². The van der Waals surface area contributed by atoms with Crippen LogP contribution in [0.4, 0.5) is 0 Å². The van der Waals surface area contributed by atoms with E-state index in [2.05, 4.69) is 29.6 Å². The molecule has 0 bridgehead atoms. The first kappa shape index (κ1) is 25.7. The van der Waals surface area contributed by atoms with Crippen LogP contribution < -0.4 is 10.6 Å². The third kappa shape index (κ3) is 7.50. The van der Waals surface area contributed by atoms with Gasteiger partial charge in [0.25, 0.3) is 0 Å². The quantitative estimate of drug-likeness (QED) is 0.279. The number of nitrogens with zero attached hydrogens (tertiary/aromatic N) is 2. The number of aliphatic imine (C=N–C) groups is 1. The maximum Gasteiger partial charge on any atom is 0.191 e. The van der Waals surface area contributed by atoms with Gasteiger partial charge in [0.2, 0.25) is 0 Å². The number of hydrogen-bond acceptors (Lipinski definition) is 4. The summed E-state index contributed by atoms with van der Waals surface area (Å²) in [6.45, 7) is 5.24. The number of halogens is 3. The first-order chi connectivity index (χ1) is 12.9. The fourth-order valence-electron chi connectivity index (χ4n) is 3.14. The van der Waals surface area contributed by atoms with Gasteiger partial charge in [0.1, 0.15) is 0 Å². The van der Waals surface area contributed by atoms with Crippen LogP contribution in [0.3, 0.4) is 0 Å². The molecule has 1 aromatic carbocycles. The van der Waals surface area contributed by atoms with Gasteiger partial charge in [-0.15, -0.1) is 24.0 Å². The highest BCUT2D eigenvalue weighted by Gasteiger charge is 2.34. The number of aliphatic hydroxyl groups is 1. The second-order valence-electron chi connectivity index (χ2n) is 7.03. The maximum atomic E-state index is 10.5. The number of guanidine groups is 1. The van der Waals surface area contributed by atoms with E-state index in [1.54, 1.807) is 18.2 Å². The molecule has 6 nitrogen and oxygen atoms in total. The third-order valence-electron chi connectivity index (χ3n) is 4.98. The van der Waals surface area contributed by atoms with Gasteiger partial charge in [0.15, 0.2) is 5.96 Å². The molecule has 1 saturated heterocycles. The van der Waals surface area contributed by atoms with Crippen LogP contribution in [0.2, 0.25) is 10.0 Å². The molecule has 1 heterocycles. The minimum absolute atomic E-state index is 0. The van der Waals surface area contributed by atoms with E-state index < -0.39 is 6.10 Å². The van der Waals surface area contributed by atoms with Crippen molar-refractivity contribution in [3.8, 4) is 0 Å². The van der Waals surface area contributed by atoms with Crippen LogP contribution in [0.15, 0.2) is 23.2 Å². The topological polar surface area (TPSA) is 69.1 Å². The fourth-order valence-corrected chi connectivity index (χ4v) is 3.69. The maximum absolute atomic E-state index is 10.5. The number of likely N-dealkylation sites (N-methyl/N-ethyl adjacent to an activating group) is 1. The molecule has 1 aliphatic rings. The average molecular weight is 545 g/mol. The normalized spacial score (nSPS) is 17.8. The van der Waals surface area contributed by atoms with Gasteiger partial charge in [-0.3, -0.25) is 4.99 Å². The molecule has 0 saturated carbocycles. The summed E-state index contributed by atoms with van der Waals surface area (Å²) in [5.74, 6) is 0.678. The Morgan fingerprint density at radius 2 is 1.82 bits per heavy atom. The largest absolute Gasteiger partial charge is 0.387 e. The van der Waals surface area contributed by atoms with Crippen molar-refractivity contribution in [2.75, 3.05) is 46.9 Å². The average Bonchev–Trinajstić information content (AvgIpc) is 2.63. The predicted molar refractivity (Wildman–Crippen MR) is 127 cm³/mol. The zero-order valence-corrected chi connectivity index (χ0v) is 20.5. The van der Waals surface area contributed by atoms with Gasteiger partial charge >= 0.3 is 0 Å². The van der Waals surface area contributed by atoms with Crippen molar-refractivity contribution in [1.82, 2.24) is 15.5 Å². The van der Waals surface area contributed by atoms with Crippen molar-refractivity contribution in [3.05, 3.63) is 33.8 Å². The van der Waals surface area contributed by atoms with Gasteiger partial charge in [-0.1, -0.05) is 23.2 Å². The van der Waals surface area contributed by atoms with E-state index in [4.69, 9.17) is 32.9 Å². The zero-order valence-electron chi connectivity index (χ0n) is 16.7. The Bertz CT molecular complexity index is 620. The van der Waals surface area contributed by atoms with E-state index in [9.17, 15) is 5.11 Å². The highest BCUT2D eigenvalue weighted by atomic mass is 127. The number of hydrogen-bond donors (Lipinski definition) is 3. The van der Waals surface area contributed by atoms with Crippen molar-refractivity contribution in [2.24, 2.45) is 4.99 Å². The number of rotatable bonds is 7. The van der Waals surface area contributed by atoms with Gasteiger partial charge in [0, 0.05) is 41.9 Å². The smallest absolute Gasteiger partial charge is 0.191 e. The molecule has 0 aliphatic carbocycles. The van der Waals surface area contributed by atoms with E-state index in [0.717, 1.165) is 32.6 Å². The van der Waals surface area contributed by atoms with Gasteiger partial charge in [-0.25, -0.2) is 0 Å². The molecular formula is C19H31Cl2IN4O2. The SMILES string of the molecule is CCNC(=NCC1(N(C)C)CCOCC1)NCC(O)c1cc(Cl)cc(Cl)c1.I. The summed E-state index contributed by atoms with van der Waals surface area (Å²) >= 11 is 12.0. The Labute approximate surface area is 195 Å². The molecule has 3 N–H and O–H groups in total. The van der Waals surface area contributed by atoms with Crippen molar-refractivity contribution >= 4 is 53.1 Å². The van der Waals surface area contributed by atoms with Crippen LogP contribution in [-0.4, -0.2) is 68.4 Å². The summed E-state index contributed by atoms with van der Waals surface area (Å²) in [4.78, 5) is 7.01. The van der Waals surface area contributed by atoms with E-state index >= 15 is 0 Å². The summed E-state index contributed by atoms with van der Waals surface area (Å²) in [7, 11) is 4.18. The Morgan fingerprint density at radius 1 is 1.21 bits per heavy atom. The molecule has 1 fully saturated rings. The van der Waals surface area contributed by atoms with Crippen molar-refractivity contribution in [3.63, 3.8) is 0 Å². The Balaban J connectivity index is 0.00000392. The van der Waals surface area contributed by atoms with E-state index in [0.29, 0.717) is 34.7 Å². The van der Waals surface area contributed by atoms with Gasteiger partial charge < -0.3 is 25.4 Å². The third-order valence-corrected chi connectivity index (χ3v) is 5.42. The van der Waals surface area contributed by atoms with Crippen LogP contribution in [0.5, 0.6) is 0 Å². The second kappa shape index (κ2) is 12.4. The molecule has 0 spiro atoms. The summed E-state index contributed by atoms with van der Waals surface area (Å²) < 4.78 is 5.52. The monoisotopic (exact) mass is 544 g/mol. The highest BCUT2D eigenvalue weighted by Crippen LogP contribution is 2.26. The van der Waals surface area contributed by atoms with Crippen LogP contribution in [0.1, 0.15) is 31.4 Å². The van der Waals surface area contributed by atoms with Crippen LogP contribution in [0, 0.1) is 0 Å². The highest BCUT2D eigenvalue weighted by molar-refractivity contribution is 14.0. The molecule has 2 rings (SSSR count). The van der Waals surface area contributed by atoms with Gasteiger partial charge in [0.05, 0.1) is 12.6 Å². The molecule has 1 aromatic rings. The predicted octanol–water partition coefficient (Wildman–Crippen LogP) is 3.31. The first-order valence-electron chi connectivity index (χ1n) is 9.28. The summed E-state index contributed by atoms with van der Waals surface area (Å²) in [5.41, 5.74) is 0.671. The minimum atomic E-state index is -0.740. The summed E-state index contributed by atoms with van der Waals surface area (Å²) in [6.07, 6.45) is 1.16. The molecular weight excluding hydrogens is 514 g/mol. The second-order valence-corrected chi connectivity index (χ2v) is 7.90. The lowest BCUT2D eigenvalue weighted by Gasteiger charge is -2.41. The number of nitrogens with one attached hydrogen (secondary N) is 2. The van der Waals surface area contributed by atoms with E-state index in [1.165, 1.54) is 0 Å². The standard InChI is InChI=1S/C19H30Cl2N4O2.HI/c1-4-22-18(24-13-19(25(2)3)5-7-27-8-6-19)23-12-17(26)14-9-15(20)11-16(21)10-14;/h9-11,17,26H,4-8,12-13H2,1-3H3,(H2,22,23,24);1H. The van der Waals surface area contributed by atoms with Crippen molar-refractivity contribution in [1.29, 1.82) is 0 Å². The first-order valence-corrected chi connectivity index (χ1v) is 10.0. The minimum Gasteiger partial charge on any atom is -0.387 e. The lowest BCUT2D eigenvalue weighted by atomic mass is 9.89. The van der Waals surface area contributed by atoms with Crippen molar-refractivity contribution < 1.29 is 9.84 Å². The van der Waals surface area contributed by atoms with E-state index in [-0.39, 0.29) is 29.5 Å². The molecule has 0 aromatic heterocycles. The van der Waals surface area contributed by atoms with Crippen LogP contribution >= 0.6 is 47.2 Å². The lowest BCUT2D eigenvalue weighted by molar-refractivity contribution is -0.00255. The van der Waals surface area contributed by atoms with E-state index in [1.807, 2.05) is 6.92 Å². The molecule has 160 valence electrons. The zero-order chi connectivity index (χ0) is 19.9. The molecule has 0 amide bonds. The van der Waals surface area contributed by atoms with Crippen molar-refractivity contribution in [2.45, 2.75) is 31.4 Å². The molecule has 1 unspecified atom stereocenters. The Hall–Kier alpha value is -0.320. The summed E-state index contributed by atoms with van der Waals surface area (Å²) in [6, 6.07) is 5.08.